The standard InChI is InChI=1S/C25H27F3N2O4/c1-2-33-24(32)22-20(16-9-4-3-5-10-16)21(19-13-6-7-14-30(19)22)29-23(31)17-11-8-12-18(15-17)34-25(26,27)28/h3-5,8-12,15,19-22H,2,6-7,13-14H2,1H3,(H,29,31)/t19-,20-,21+,22+/m1/s1. The number of carbonyl (C=O) groups is 2. The molecule has 2 aliphatic heterocycles. The number of ether oxygens (including phenoxy) is 2. The van der Waals surface area contributed by atoms with E-state index in [1.54, 1.807) is 6.92 Å². The van der Waals surface area contributed by atoms with Crippen molar-refractivity contribution in [2.24, 2.45) is 0 Å². The number of alkyl halides is 3. The van der Waals surface area contributed by atoms with Crippen LogP contribution in [0.1, 0.15) is 48.0 Å². The largest absolute Gasteiger partial charge is 0.573 e. The van der Waals surface area contributed by atoms with Gasteiger partial charge in [0.15, 0.2) is 0 Å². The zero-order valence-corrected chi connectivity index (χ0v) is 18.8. The molecule has 2 fully saturated rings. The van der Waals surface area contributed by atoms with E-state index in [1.807, 2.05) is 30.3 Å². The molecule has 1 amide bonds. The van der Waals surface area contributed by atoms with Gasteiger partial charge in [-0.15, -0.1) is 13.2 Å². The Morgan fingerprint density at radius 2 is 1.85 bits per heavy atom. The first-order valence-corrected chi connectivity index (χ1v) is 11.4. The van der Waals surface area contributed by atoms with E-state index < -0.39 is 30.1 Å². The van der Waals surface area contributed by atoms with E-state index in [0.29, 0.717) is 6.54 Å². The molecule has 2 aliphatic rings. The number of fused-ring (bicyclic) bond motifs is 1. The van der Waals surface area contributed by atoms with Crippen molar-refractivity contribution in [2.45, 2.75) is 56.6 Å². The van der Waals surface area contributed by atoms with E-state index in [2.05, 4.69) is 15.0 Å². The molecule has 1 N–H and O–H groups in total. The summed E-state index contributed by atoms with van der Waals surface area (Å²) in [6.07, 6.45) is -2.17. The number of carbonyl (C=O) groups excluding carboxylic acids is 2. The molecule has 2 saturated heterocycles. The molecule has 0 aliphatic carbocycles. The number of hydrogen-bond acceptors (Lipinski definition) is 5. The lowest BCUT2D eigenvalue weighted by Crippen LogP contribution is -2.49. The van der Waals surface area contributed by atoms with Crippen molar-refractivity contribution in [1.29, 1.82) is 0 Å². The van der Waals surface area contributed by atoms with Crippen LogP contribution in [-0.2, 0) is 9.53 Å². The molecule has 9 heteroatoms. The molecule has 0 spiro atoms. The average molecular weight is 476 g/mol. The Bertz CT molecular complexity index is 1010. The van der Waals surface area contributed by atoms with E-state index in [0.717, 1.165) is 37.0 Å². The van der Waals surface area contributed by atoms with Gasteiger partial charge in [-0.05, 0) is 50.1 Å². The average Bonchev–Trinajstić information content (AvgIpc) is 3.13. The Hall–Kier alpha value is -3.07. The van der Waals surface area contributed by atoms with Crippen molar-refractivity contribution >= 4 is 11.9 Å². The van der Waals surface area contributed by atoms with Gasteiger partial charge in [-0.25, -0.2) is 0 Å². The van der Waals surface area contributed by atoms with Gasteiger partial charge in [-0.3, -0.25) is 14.5 Å². The number of nitrogens with one attached hydrogen (secondary N) is 1. The van der Waals surface area contributed by atoms with Gasteiger partial charge in [0.25, 0.3) is 5.91 Å². The minimum Gasteiger partial charge on any atom is -0.465 e. The zero-order chi connectivity index (χ0) is 24.3. The topological polar surface area (TPSA) is 67.9 Å². The second-order valence-electron chi connectivity index (χ2n) is 8.51. The van der Waals surface area contributed by atoms with Crippen molar-refractivity contribution in [1.82, 2.24) is 10.2 Å². The van der Waals surface area contributed by atoms with Gasteiger partial charge < -0.3 is 14.8 Å². The van der Waals surface area contributed by atoms with Gasteiger partial charge in [-0.2, -0.15) is 0 Å². The lowest BCUT2D eigenvalue weighted by molar-refractivity contribution is -0.274. The quantitative estimate of drug-likeness (QED) is 0.631. The summed E-state index contributed by atoms with van der Waals surface area (Å²) in [5, 5.41) is 3.03. The molecular formula is C25H27F3N2O4. The van der Waals surface area contributed by atoms with Gasteiger partial charge in [0.2, 0.25) is 0 Å². The van der Waals surface area contributed by atoms with Gasteiger partial charge in [-0.1, -0.05) is 42.8 Å². The first-order chi connectivity index (χ1) is 16.3. The summed E-state index contributed by atoms with van der Waals surface area (Å²) in [7, 11) is 0. The second kappa shape index (κ2) is 10.0. The maximum atomic E-state index is 13.2. The van der Waals surface area contributed by atoms with Gasteiger partial charge in [0.05, 0.1) is 12.6 Å². The van der Waals surface area contributed by atoms with Crippen LogP contribution in [0, 0.1) is 0 Å². The SMILES string of the molecule is CCOC(=O)[C@@H]1[C@H](c2ccccc2)[C@@H](NC(=O)c2cccc(OC(F)(F)F)c2)[C@H]2CCCCN21. The van der Waals surface area contributed by atoms with Gasteiger partial charge in [0, 0.05) is 17.5 Å². The van der Waals surface area contributed by atoms with Crippen molar-refractivity contribution in [3.8, 4) is 5.75 Å². The number of amides is 1. The number of rotatable bonds is 6. The summed E-state index contributed by atoms with van der Waals surface area (Å²) >= 11 is 0. The number of hydrogen-bond donors (Lipinski definition) is 1. The van der Waals surface area contributed by atoms with Crippen molar-refractivity contribution in [2.75, 3.05) is 13.2 Å². The maximum Gasteiger partial charge on any atom is 0.573 e. The summed E-state index contributed by atoms with van der Waals surface area (Å²) in [5.74, 6) is -1.68. The van der Waals surface area contributed by atoms with E-state index in [1.165, 1.54) is 12.1 Å². The van der Waals surface area contributed by atoms with Crippen molar-refractivity contribution in [3.63, 3.8) is 0 Å². The molecule has 182 valence electrons. The first-order valence-electron chi connectivity index (χ1n) is 11.4. The molecule has 6 nitrogen and oxygen atoms in total. The predicted octanol–water partition coefficient (Wildman–Crippen LogP) is 4.27. The summed E-state index contributed by atoms with van der Waals surface area (Å²) in [6, 6.07) is 13.4. The normalized spacial score (nSPS) is 24.8. The molecule has 2 heterocycles. The molecular weight excluding hydrogens is 449 g/mol. The summed E-state index contributed by atoms with van der Waals surface area (Å²) in [4.78, 5) is 28.4. The molecule has 0 saturated carbocycles. The summed E-state index contributed by atoms with van der Waals surface area (Å²) < 4.78 is 47.3. The van der Waals surface area contributed by atoms with Crippen LogP contribution in [0.4, 0.5) is 13.2 Å². The molecule has 4 atom stereocenters. The van der Waals surface area contributed by atoms with E-state index >= 15 is 0 Å². The molecule has 0 unspecified atom stereocenters. The van der Waals surface area contributed by atoms with Crippen LogP contribution in [0.5, 0.6) is 5.75 Å². The highest BCUT2D eigenvalue weighted by molar-refractivity contribution is 5.95. The van der Waals surface area contributed by atoms with Crippen LogP contribution < -0.4 is 10.1 Å². The summed E-state index contributed by atoms with van der Waals surface area (Å²) in [5.41, 5.74) is 0.949. The van der Waals surface area contributed by atoms with Crippen LogP contribution in [-0.4, -0.2) is 54.4 Å². The fourth-order valence-corrected chi connectivity index (χ4v) is 5.18. The van der Waals surface area contributed by atoms with Crippen molar-refractivity contribution < 1.29 is 32.2 Å². The van der Waals surface area contributed by atoms with Gasteiger partial charge >= 0.3 is 12.3 Å². The highest BCUT2D eigenvalue weighted by Crippen LogP contribution is 2.42. The molecule has 0 radical (unpaired) electrons. The lowest BCUT2D eigenvalue weighted by atomic mass is 9.85. The number of halogens is 3. The molecule has 0 aromatic heterocycles. The summed E-state index contributed by atoms with van der Waals surface area (Å²) in [6.45, 7) is 2.71. The minimum absolute atomic E-state index is 0.0514. The fourth-order valence-electron chi connectivity index (χ4n) is 5.18. The van der Waals surface area contributed by atoms with E-state index in [-0.39, 0.29) is 30.1 Å². The Morgan fingerprint density at radius 3 is 2.56 bits per heavy atom. The molecule has 2 aromatic rings. The van der Waals surface area contributed by atoms with E-state index in [9.17, 15) is 22.8 Å². The van der Waals surface area contributed by atoms with Crippen LogP contribution in [0.2, 0.25) is 0 Å². The maximum absolute atomic E-state index is 13.2. The monoisotopic (exact) mass is 476 g/mol. The fraction of sp³-hybridized carbons (Fsp3) is 0.440. The third-order valence-corrected chi connectivity index (χ3v) is 6.43. The smallest absolute Gasteiger partial charge is 0.465 e. The van der Waals surface area contributed by atoms with Crippen molar-refractivity contribution in [3.05, 3.63) is 65.7 Å². The number of esters is 1. The first kappa shape index (κ1) is 24.1. The van der Waals surface area contributed by atoms with Crippen LogP contribution in [0.3, 0.4) is 0 Å². The van der Waals surface area contributed by atoms with E-state index in [4.69, 9.17) is 4.74 Å². The Labute approximate surface area is 196 Å². The highest BCUT2D eigenvalue weighted by atomic mass is 19.4. The second-order valence-corrected chi connectivity index (χ2v) is 8.51. The van der Waals surface area contributed by atoms with Crippen LogP contribution >= 0.6 is 0 Å². The molecule has 2 aromatic carbocycles. The Balaban J connectivity index is 1.66. The lowest BCUT2D eigenvalue weighted by Gasteiger charge is -2.34. The number of piperidine rings is 1. The van der Waals surface area contributed by atoms with Crippen LogP contribution in [0.15, 0.2) is 54.6 Å². The third kappa shape index (κ3) is 5.19. The molecule has 34 heavy (non-hydrogen) atoms. The molecule has 0 bridgehead atoms. The number of nitrogens with zero attached hydrogens (tertiary/aromatic N) is 1. The Morgan fingerprint density at radius 1 is 1.09 bits per heavy atom. The predicted molar refractivity (Wildman–Crippen MR) is 118 cm³/mol. The minimum atomic E-state index is -4.85. The van der Waals surface area contributed by atoms with Gasteiger partial charge in [0.1, 0.15) is 11.8 Å². The zero-order valence-electron chi connectivity index (χ0n) is 18.8. The highest BCUT2D eigenvalue weighted by Gasteiger charge is 2.54. The van der Waals surface area contributed by atoms with Crippen LogP contribution in [0.25, 0.3) is 0 Å². The Kier molecular flexibility index (Phi) is 7.11. The molecule has 4 rings (SSSR count). The number of benzene rings is 2. The third-order valence-electron chi connectivity index (χ3n) is 6.43.